The van der Waals surface area contributed by atoms with Gasteiger partial charge in [0.05, 0.1) is 29.6 Å². The second-order valence-electron chi connectivity index (χ2n) is 6.66. The molecule has 0 saturated carbocycles. The highest BCUT2D eigenvalue weighted by Gasteiger charge is 2.27. The topological polar surface area (TPSA) is 113 Å². The molecule has 0 bridgehead atoms. The van der Waals surface area contributed by atoms with E-state index in [4.69, 9.17) is 4.74 Å². The number of sulfonamides is 1. The first-order valence-electron chi connectivity index (χ1n) is 8.58. The lowest BCUT2D eigenvalue weighted by Gasteiger charge is -2.19. The van der Waals surface area contributed by atoms with Gasteiger partial charge in [-0.15, -0.1) is 0 Å². The van der Waals surface area contributed by atoms with E-state index in [9.17, 15) is 22.7 Å². The number of nitrogens with zero attached hydrogens (tertiary/aromatic N) is 2. The molecule has 10 heteroatoms. The van der Waals surface area contributed by atoms with E-state index < -0.39 is 27.4 Å². The Hall–Kier alpha value is -2.98. The van der Waals surface area contributed by atoms with Gasteiger partial charge < -0.3 is 14.8 Å². The molecule has 3 aromatic rings. The number of ether oxygens (including phenoxy) is 1. The third-order valence-electron chi connectivity index (χ3n) is 4.58. The van der Waals surface area contributed by atoms with Gasteiger partial charge in [-0.3, -0.25) is 0 Å². The Kier molecular flexibility index (Phi) is 5.33. The molecular weight excluding hydrogens is 401 g/mol. The number of halogens is 1. The summed E-state index contributed by atoms with van der Waals surface area (Å²) in [6, 6.07) is 5.62. The van der Waals surface area contributed by atoms with E-state index in [0.29, 0.717) is 16.9 Å². The minimum Gasteiger partial charge on any atom is -0.497 e. The van der Waals surface area contributed by atoms with Crippen LogP contribution in [0.3, 0.4) is 0 Å². The van der Waals surface area contributed by atoms with E-state index in [0.717, 1.165) is 10.4 Å². The molecule has 2 N–H and O–H groups in total. The first-order chi connectivity index (χ1) is 13.6. The Bertz CT molecular complexity index is 1200. The quantitative estimate of drug-likeness (QED) is 0.633. The van der Waals surface area contributed by atoms with Gasteiger partial charge in [0.15, 0.2) is 0 Å². The molecular formula is C19H20FN3O5S. The van der Waals surface area contributed by atoms with Crippen LogP contribution >= 0.6 is 0 Å². The molecule has 154 valence electrons. The van der Waals surface area contributed by atoms with Crippen molar-refractivity contribution >= 4 is 27.0 Å². The van der Waals surface area contributed by atoms with Gasteiger partial charge in [0, 0.05) is 7.05 Å². The second-order valence-corrected chi connectivity index (χ2v) is 8.64. The number of carbonyl (C=O) groups is 1. The van der Waals surface area contributed by atoms with Gasteiger partial charge >= 0.3 is 5.97 Å². The van der Waals surface area contributed by atoms with Crippen LogP contribution in [0.15, 0.2) is 29.2 Å². The summed E-state index contributed by atoms with van der Waals surface area (Å²) < 4.78 is 46.4. The van der Waals surface area contributed by atoms with E-state index in [-0.39, 0.29) is 28.3 Å². The number of imidazole rings is 1. The zero-order chi connectivity index (χ0) is 21.5. The molecule has 29 heavy (non-hydrogen) atoms. The average Bonchev–Trinajstić information content (AvgIpc) is 3.02. The van der Waals surface area contributed by atoms with Crippen LogP contribution in [0, 0.1) is 19.7 Å². The molecule has 0 amide bonds. The number of carboxylic acid groups (broad SMARTS) is 1. The minimum absolute atomic E-state index is 0.00936. The molecule has 0 spiro atoms. The number of aromatic carboxylic acids is 1. The van der Waals surface area contributed by atoms with Crippen LogP contribution in [0.1, 0.15) is 27.3 Å². The maximum Gasteiger partial charge on any atom is 0.340 e. The molecule has 0 atom stereocenters. The number of nitrogens with one attached hydrogen (secondary N) is 1. The lowest BCUT2D eigenvalue weighted by molar-refractivity contribution is 0.0694. The smallest absolute Gasteiger partial charge is 0.340 e. The largest absolute Gasteiger partial charge is 0.497 e. The summed E-state index contributed by atoms with van der Waals surface area (Å²) in [4.78, 5) is 18.4. The van der Waals surface area contributed by atoms with Crippen LogP contribution in [0.5, 0.6) is 5.75 Å². The van der Waals surface area contributed by atoms with Crippen LogP contribution < -0.4 is 4.74 Å². The Labute approximate surface area is 167 Å². The zero-order valence-corrected chi connectivity index (χ0v) is 17.1. The Morgan fingerprint density at radius 1 is 1.28 bits per heavy atom. The first kappa shape index (κ1) is 20.7. The summed E-state index contributed by atoms with van der Waals surface area (Å²) in [7, 11) is -0.971. The van der Waals surface area contributed by atoms with E-state index in [2.05, 4.69) is 9.97 Å². The molecule has 0 aliphatic carbocycles. The standard InChI is InChI=1S/C19H20FN3O5S/c1-10-7-12(28-4)8-11(2)18(10)29(26,27)23(3)9-15-21-14-6-5-13(20)16(19(24)25)17(14)22-15/h5-8H,9H2,1-4H3,(H,21,22)(H,24,25). The number of aromatic amines is 1. The number of H-pyrrole nitrogens is 1. The van der Waals surface area contributed by atoms with Gasteiger partial charge in [0.2, 0.25) is 10.0 Å². The summed E-state index contributed by atoms with van der Waals surface area (Å²) in [6.07, 6.45) is 0. The molecule has 8 nitrogen and oxygen atoms in total. The van der Waals surface area contributed by atoms with Crippen molar-refractivity contribution in [2.45, 2.75) is 25.3 Å². The molecule has 0 aliphatic rings. The first-order valence-corrected chi connectivity index (χ1v) is 10.0. The van der Waals surface area contributed by atoms with Crippen molar-refractivity contribution in [3.63, 3.8) is 0 Å². The molecule has 0 aliphatic heterocycles. The normalized spacial score (nSPS) is 11.9. The van der Waals surface area contributed by atoms with Crippen molar-refractivity contribution in [3.8, 4) is 5.75 Å². The van der Waals surface area contributed by atoms with Crippen molar-refractivity contribution in [1.29, 1.82) is 0 Å². The van der Waals surface area contributed by atoms with E-state index in [1.54, 1.807) is 26.0 Å². The van der Waals surface area contributed by atoms with Gasteiger partial charge in [0.25, 0.3) is 0 Å². The second kappa shape index (κ2) is 7.45. The van der Waals surface area contributed by atoms with Crippen LogP contribution in [0.2, 0.25) is 0 Å². The van der Waals surface area contributed by atoms with Crippen molar-refractivity contribution in [3.05, 3.63) is 52.6 Å². The lowest BCUT2D eigenvalue weighted by Crippen LogP contribution is -2.28. The fourth-order valence-corrected chi connectivity index (χ4v) is 4.81. The number of rotatable bonds is 6. The Balaban J connectivity index is 1.99. The molecule has 1 aromatic heterocycles. The number of aromatic nitrogens is 2. The number of benzene rings is 2. The number of hydrogen-bond acceptors (Lipinski definition) is 5. The predicted molar refractivity (Wildman–Crippen MR) is 104 cm³/mol. The Morgan fingerprint density at radius 2 is 1.90 bits per heavy atom. The average molecular weight is 421 g/mol. The summed E-state index contributed by atoms with van der Waals surface area (Å²) in [6.45, 7) is 3.21. The van der Waals surface area contributed by atoms with Crippen molar-refractivity contribution in [1.82, 2.24) is 14.3 Å². The van der Waals surface area contributed by atoms with Gasteiger partial charge in [-0.05, 0) is 49.2 Å². The fraction of sp³-hybridized carbons (Fsp3) is 0.263. The monoisotopic (exact) mass is 421 g/mol. The summed E-state index contributed by atoms with van der Waals surface area (Å²) in [5, 5.41) is 9.23. The number of aryl methyl sites for hydroxylation is 2. The number of carboxylic acids is 1. The van der Waals surface area contributed by atoms with Crippen LogP contribution in [0.25, 0.3) is 11.0 Å². The highest BCUT2D eigenvalue weighted by Crippen LogP contribution is 2.28. The third kappa shape index (κ3) is 3.68. The van der Waals surface area contributed by atoms with Gasteiger partial charge in [0.1, 0.15) is 23.0 Å². The molecule has 0 unspecified atom stereocenters. The highest BCUT2D eigenvalue weighted by atomic mass is 32.2. The van der Waals surface area contributed by atoms with E-state index in [1.807, 2.05) is 0 Å². The fourth-order valence-electron chi connectivity index (χ4n) is 3.27. The molecule has 3 rings (SSSR count). The van der Waals surface area contributed by atoms with Crippen molar-refractivity contribution < 1.29 is 27.4 Å². The molecule has 0 saturated heterocycles. The van der Waals surface area contributed by atoms with Crippen LogP contribution in [-0.2, 0) is 16.6 Å². The molecule has 1 heterocycles. The summed E-state index contributed by atoms with van der Waals surface area (Å²) in [5.74, 6) is -1.58. The van der Waals surface area contributed by atoms with Crippen LogP contribution in [-0.4, -0.2) is 47.9 Å². The van der Waals surface area contributed by atoms with Gasteiger partial charge in [-0.2, -0.15) is 4.31 Å². The maximum absolute atomic E-state index is 13.9. The maximum atomic E-state index is 13.9. The van der Waals surface area contributed by atoms with Crippen molar-refractivity contribution in [2.75, 3.05) is 14.2 Å². The molecule has 0 radical (unpaired) electrons. The van der Waals surface area contributed by atoms with Crippen LogP contribution in [0.4, 0.5) is 4.39 Å². The minimum atomic E-state index is -3.87. The van der Waals surface area contributed by atoms with Crippen molar-refractivity contribution in [2.24, 2.45) is 0 Å². The molecule has 2 aromatic carbocycles. The Morgan fingerprint density at radius 3 is 2.45 bits per heavy atom. The SMILES string of the molecule is COc1cc(C)c(S(=O)(=O)N(C)Cc2nc3ccc(F)c(C(=O)O)c3[nH]2)c(C)c1. The zero-order valence-electron chi connectivity index (χ0n) is 16.3. The third-order valence-corrected chi connectivity index (χ3v) is 6.69. The van der Waals surface area contributed by atoms with Gasteiger partial charge in [-0.1, -0.05) is 0 Å². The molecule has 0 fully saturated rings. The number of methoxy groups -OCH3 is 1. The lowest BCUT2D eigenvalue weighted by atomic mass is 10.1. The number of fused-ring (bicyclic) bond motifs is 1. The van der Waals surface area contributed by atoms with E-state index in [1.165, 1.54) is 20.2 Å². The van der Waals surface area contributed by atoms with Gasteiger partial charge in [-0.25, -0.2) is 22.6 Å². The summed E-state index contributed by atoms with van der Waals surface area (Å²) >= 11 is 0. The van der Waals surface area contributed by atoms with E-state index >= 15 is 0 Å². The highest BCUT2D eigenvalue weighted by molar-refractivity contribution is 7.89. The number of hydrogen-bond donors (Lipinski definition) is 2. The predicted octanol–water partition coefficient (Wildman–Crippen LogP) is 2.85. The summed E-state index contributed by atoms with van der Waals surface area (Å²) in [5.41, 5.74) is 0.784.